The lowest BCUT2D eigenvalue weighted by atomic mass is 10.0. The van der Waals surface area contributed by atoms with E-state index in [1.54, 1.807) is 38.4 Å². The molecular formula is C23H28F3N7O2. The standard InChI is InChI=1S/C23H28F3N7O2/c1-4-5-28-22(35)33-16-7-17-18(11-30-20(17)29-10-16)14-6-15(9-27-8-14)32-21(34)19(13(2)3)31-12-23(24,25)26/h6-11,13,19,31H,4-5,12H2,1-3H3,(H,29,30)(H,32,34)(H2,28,33,35)/t19-/m0/s1. The number of fused-ring (bicyclic) bond motifs is 1. The first-order valence-electron chi connectivity index (χ1n) is 11.2. The van der Waals surface area contributed by atoms with E-state index in [9.17, 15) is 22.8 Å². The Labute approximate surface area is 200 Å². The van der Waals surface area contributed by atoms with Crippen molar-refractivity contribution in [1.82, 2.24) is 25.6 Å². The van der Waals surface area contributed by atoms with Crippen LogP contribution in [0.3, 0.4) is 0 Å². The maximum absolute atomic E-state index is 12.7. The van der Waals surface area contributed by atoms with Crippen LogP contribution in [0.2, 0.25) is 0 Å². The molecule has 0 bridgehead atoms. The van der Waals surface area contributed by atoms with Crippen molar-refractivity contribution in [2.75, 3.05) is 23.7 Å². The Morgan fingerprint density at radius 1 is 1.09 bits per heavy atom. The van der Waals surface area contributed by atoms with E-state index in [1.165, 1.54) is 12.4 Å². The number of amides is 3. The summed E-state index contributed by atoms with van der Waals surface area (Å²) in [5.41, 5.74) is 2.80. The van der Waals surface area contributed by atoms with Crippen molar-refractivity contribution in [3.05, 3.63) is 36.9 Å². The van der Waals surface area contributed by atoms with Gasteiger partial charge in [-0.3, -0.25) is 15.1 Å². The molecule has 0 unspecified atom stereocenters. The molecule has 0 spiro atoms. The first-order chi connectivity index (χ1) is 16.6. The minimum atomic E-state index is -4.43. The number of nitrogens with zero attached hydrogens (tertiary/aromatic N) is 2. The SMILES string of the molecule is CCCNC(=O)Nc1cnc2[nH]cc(-c3cncc(NC(=O)[C@@H](NCC(F)(F)F)C(C)C)c3)c2c1. The normalized spacial score (nSPS) is 12.5. The fourth-order valence-electron chi connectivity index (χ4n) is 3.46. The molecule has 0 saturated carbocycles. The van der Waals surface area contributed by atoms with Crippen LogP contribution in [0.1, 0.15) is 27.2 Å². The van der Waals surface area contributed by atoms with Crippen LogP contribution >= 0.6 is 0 Å². The van der Waals surface area contributed by atoms with E-state index >= 15 is 0 Å². The van der Waals surface area contributed by atoms with Crippen molar-refractivity contribution in [1.29, 1.82) is 0 Å². The summed E-state index contributed by atoms with van der Waals surface area (Å²) in [4.78, 5) is 36.2. The van der Waals surface area contributed by atoms with E-state index in [-0.39, 0.29) is 11.9 Å². The van der Waals surface area contributed by atoms with Crippen molar-refractivity contribution < 1.29 is 22.8 Å². The second-order valence-electron chi connectivity index (χ2n) is 8.37. The van der Waals surface area contributed by atoms with Gasteiger partial charge in [-0.2, -0.15) is 13.2 Å². The van der Waals surface area contributed by atoms with Crippen molar-refractivity contribution >= 4 is 34.3 Å². The predicted molar refractivity (Wildman–Crippen MR) is 128 cm³/mol. The number of carbonyl (C=O) groups excluding carboxylic acids is 2. The highest BCUT2D eigenvalue weighted by molar-refractivity contribution is 5.99. The molecule has 0 radical (unpaired) electrons. The molecule has 0 fully saturated rings. The van der Waals surface area contributed by atoms with E-state index in [4.69, 9.17) is 0 Å². The highest BCUT2D eigenvalue weighted by atomic mass is 19.4. The fraction of sp³-hybridized carbons (Fsp3) is 0.391. The summed E-state index contributed by atoms with van der Waals surface area (Å²) in [6.45, 7) is 4.55. The number of nitrogens with one attached hydrogen (secondary N) is 5. The predicted octanol–water partition coefficient (Wildman–Crippen LogP) is 4.27. The Morgan fingerprint density at radius 3 is 2.51 bits per heavy atom. The number of carbonyl (C=O) groups is 2. The van der Waals surface area contributed by atoms with Gasteiger partial charge in [-0.15, -0.1) is 0 Å². The minimum absolute atomic E-state index is 0.336. The lowest BCUT2D eigenvalue weighted by Gasteiger charge is -2.22. The zero-order valence-corrected chi connectivity index (χ0v) is 19.6. The van der Waals surface area contributed by atoms with Gasteiger partial charge in [-0.1, -0.05) is 20.8 Å². The number of aromatic nitrogens is 3. The zero-order valence-electron chi connectivity index (χ0n) is 19.6. The molecule has 0 aromatic carbocycles. The molecule has 0 aliphatic carbocycles. The number of hydrogen-bond donors (Lipinski definition) is 5. The van der Waals surface area contributed by atoms with Gasteiger partial charge in [-0.05, 0) is 24.5 Å². The molecule has 12 heteroatoms. The average Bonchev–Trinajstić information content (AvgIpc) is 3.20. The highest BCUT2D eigenvalue weighted by Crippen LogP contribution is 2.30. The Bertz CT molecular complexity index is 1180. The van der Waals surface area contributed by atoms with Gasteiger partial charge in [0.15, 0.2) is 0 Å². The summed E-state index contributed by atoms with van der Waals surface area (Å²) >= 11 is 0. The third kappa shape index (κ3) is 7.15. The number of anilines is 2. The van der Waals surface area contributed by atoms with Crippen molar-refractivity contribution in [3.8, 4) is 11.1 Å². The van der Waals surface area contributed by atoms with Gasteiger partial charge in [0.2, 0.25) is 5.91 Å². The quantitative estimate of drug-likeness (QED) is 0.306. The summed E-state index contributed by atoms with van der Waals surface area (Å²) in [6, 6.07) is 2.06. The molecule has 5 N–H and O–H groups in total. The lowest BCUT2D eigenvalue weighted by Crippen LogP contribution is -2.47. The smallest absolute Gasteiger partial charge is 0.346 e. The van der Waals surface area contributed by atoms with Gasteiger partial charge < -0.3 is 20.9 Å². The third-order valence-corrected chi connectivity index (χ3v) is 5.11. The maximum Gasteiger partial charge on any atom is 0.401 e. The molecule has 188 valence electrons. The molecular weight excluding hydrogens is 463 g/mol. The molecule has 3 heterocycles. The van der Waals surface area contributed by atoms with Crippen molar-refractivity contribution in [2.24, 2.45) is 5.92 Å². The number of urea groups is 1. The Kier molecular flexibility index (Phi) is 8.28. The summed E-state index contributed by atoms with van der Waals surface area (Å²) in [5.74, 6) is -0.956. The van der Waals surface area contributed by atoms with E-state index < -0.39 is 24.7 Å². The molecule has 3 aromatic heterocycles. The summed E-state index contributed by atoms with van der Waals surface area (Å²) < 4.78 is 37.9. The van der Waals surface area contributed by atoms with Gasteiger partial charge in [0.25, 0.3) is 0 Å². The summed E-state index contributed by atoms with van der Waals surface area (Å²) in [5, 5.41) is 11.1. The number of aromatic amines is 1. The molecule has 3 amide bonds. The average molecular weight is 492 g/mol. The molecule has 1 atom stereocenters. The molecule has 3 aromatic rings. The van der Waals surface area contributed by atoms with Gasteiger partial charge in [0.05, 0.1) is 36.4 Å². The van der Waals surface area contributed by atoms with Crippen molar-refractivity contribution in [3.63, 3.8) is 0 Å². The van der Waals surface area contributed by atoms with Gasteiger partial charge in [0, 0.05) is 35.5 Å². The van der Waals surface area contributed by atoms with Crippen LogP contribution in [0.15, 0.2) is 36.9 Å². The second kappa shape index (κ2) is 11.2. The number of halogens is 3. The zero-order chi connectivity index (χ0) is 25.6. The largest absolute Gasteiger partial charge is 0.401 e. The molecule has 0 aliphatic heterocycles. The summed E-state index contributed by atoms with van der Waals surface area (Å²) in [6.07, 6.45) is 2.65. The molecule has 35 heavy (non-hydrogen) atoms. The third-order valence-electron chi connectivity index (χ3n) is 5.11. The Balaban J connectivity index is 1.80. The maximum atomic E-state index is 12.7. The molecule has 9 nitrogen and oxygen atoms in total. The van der Waals surface area contributed by atoms with E-state index in [2.05, 4.69) is 36.2 Å². The van der Waals surface area contributed by atoms with Crippen LogP contribution in [-0.2, 0) is 4.79 Å². The summed E-state index contributed by atoms with van der Waals surface area (Å²) in [7, 11) is 0. The number of H-pyrrole nitrogens is 1. The lowest BCUT2D eigenvalue weighted by molar-refractivity contribution is -0.131. The fourth-order valence-corrected chi connectivity index (χ4v) is 3.46. The molecule has 0 saturated heterocycles. The molecule has 3 rings (SSSR count). The molecule has 0 aliphatic rings. The van der Waals surface area contributed by atoms with Gasteiger partial charge >= 0.3 is 12.2 Å². The topological polar surface area (TPSA) is 124 Å². The van der Waals surface area contributed by atoms with Crippen LogP contribution in [-0.4, -0.2) is 52.2 Å². The van der Waals surface area contributed by atoms with Crippen LogP contribution < -0.4 is 21.3 Å². The van der Waals surface area contributed by atoms with Crippen LogP contribution in [0.5, 0.6) is 0 Å². The van der Waals surface area contributed by atoms with Crippen molar-refractivity contribution in [2.45, 2.75) is 39.4 Å². The van der Waals surface area contributed by atoms with E-state index in [1.807, 2.05) is 6.92 Å². The van der Waals surface area contributed by atoms with E-state index in [0.29, 0.717) is 29.1 Å². The number of hydrogen-bond acceptors (Lipinski definition) is 5. The van der Waals surface area contributed by atoms with Crippen LogP contribution in [0.4, 0.5) is 29.3 Å². The first kappa shape index (κ1) is 25.9. The Morgan fingerprint density at radius 2 is 1.83 bits per heavy atom. The number of rotatable bonds is 9. The first-order valence-corrected chi connectivity index (χ1v) is 11.2. The van der Waals surface area contributed by atoms with Crippen LogP contribution in [0.25, 0.3) is 22.2 Å². The highest BCUT2D eigenvalue weighted by Gasteiger charge is 2.31. The minimum Gasteiger partial charge on any atom is -0.346 e. The number of alkyl halides is 3. The van der Waals surface area contributed by atoms with Gasteiger partial charge in [-0.25, -0.2) is 9.78 Å². The monoisotopic (exact) mass is 491 g/mol. The van der Waals surface area contributed by atoms with Gasteiger partial charge in [0.1, 0.15) is 5.65 Å². The van der Waals surface area contributed by atoms with E-state index in [0.717, 1.165) is 17.4 Å². The number of pyridine rings is 2. The Hall–Kier alpha value is -3.67. The van der Waals surface area contributed by atoms with Crippen LogP contribution in [0, 0.1) is 5.92 Å². The second-order valence-corrected chi connectivity index (χ2v) is 8.37.